The Morgan fingerprint density at radius 2 is 2.00 bits per heavy atom. The number of nitrogens with two attached hydrogens (primary N) is 1. The summed E-state index contributed by atoms with van der Waals surface area (Å²) >= 11 is 1.10. The summed E-state index contributed by atoms with van der Waals surface area (Å²) in [5, 5.41) is 7.90. The first-order valence-corrected chi connectivity index (χ1v) is 10.2. The molecule has 0 unspecified atom stereocenters. The quantitative estimate of drug-likeness (QED) is 0.797. The molecule has 1 aromatic rings. The lowest BCUT2D eigenvalue weighted by molar-refractivity contribution is -0.121. The Hall–Kier alpha value is -0.920. The molecule has 5 nitrogen and oxygen atoms in total. The molecule has 0 aliphatic heterocycles. The van der Waals surface area contributed by atoms with Crippen LogP contribution in [0.2, 0.25) is 0 Å². The smallest absolute Gasteiger partial charge is 0.247 e. The van der Waals surface area contributed by atoms with Crippen molar-refractivity contribution in [3.8, 4) is 0 Å². The molecular formula is C15H24N2O3S2. The molecule has 3 N–H and O–H groups in total. The minimum absolute atomic E-state index is 0.0290. The molecule has 0 atom stereocenters. The lowest BCUT2D eigenvalue weighted by Crippen LogP contribution is -2.22. The van der Waals surface area contributed by atoms with Gasteiger partial charge < -0.3 is 5.32 Å². The molecule has 1 aliphatic carbocycles. The first-order chi connectivity index (χ1) is 10.4. The zero-order valence-corrected chi connectivity index (χ0v) is 14.3. The normalized spacial score (nSPS) is 16.6. The summed E-state index contributed by atoms with van der Waals surface area (Å²) < 4.78 is 22.5. The Bertz CT molecular complexity index is 590. The van der Waals surface area contributed by atoms with E-state index in [0.717, 1.165) is 35.0 Å². The maximum absolute atomic E-state index is 11.8. The van der Waals surface area contributed by atoms with Crippen molar-refractivity contribution in [1.29, 1.82) is 0 Å². The molecule has 1 fully saturated rings. The second-order valence-electron chi connectivity index (χ2n) is 5.94. The molecule has 1 aromatic heterocycles. The molecule has 0 aromatic carbocycles. The van der Waals surface area contributed by atoms with E-state index >= 15 is 0 Å². The molecule has 1 heterocycles. The van der Waals surface area contributed by atoms with Crippen LogP contribution in [0, 0.1) is 5.92 Å². The summed E-state index contributed by atoms with van der Waals surface area (Å²) in [5.74, 6) is 0.831. The van der Waals surface area contributed by atoms with E-state index in [4.69, 9.17) is 5.14 Å². The van der Waals surface area contributed by atoms with Crippen LogP contribution in [0.25, 0.3) is 0 Å². The average Bonchev–Trinajstić information content (AvgIpc) is 2.95. The van der Waals surface area contributed by atoms with E-state index in [1.165, 1.54) is 38.2 Å². The van der Waals surface area contributed by atoms with Gasteiger partial charge in [-0.25, -0.2) is 13.6 Å². The van der Waals surface area contributed by atoms with Gasteiger partial charge in [-0.3, -0.25) is 4.79 Å². The van der Waals surface area contributed by atoms with Crippen LogP contribution in [0.1, 0.15) is 56.2 Å². The lowest BCUT2D eigenvalue weighted by atomic mass is 9.86. The maximum Gasteiger partial charge on any atom is 0.247 e. The number of nitrogens with one attached hydrogen (secondary N) is 1. The Morgan fingerprint density at radius 1 is 1.27 bits per heavy atom. The Kier molecular flexibility index (Phi) is 6.40. The van der Waals surface area contributed by atoms with Crippen LogP contribution < -0.4 is 10.5 Å². The molecule has 22 heavy (non-hydrogen) atoms. The number of primary sulfonamides is 1. The van der Waals surface area contributed by atoms with Crippen LogP contribution >= 0.6 is 11.3 Å². The molecule has 1 saturated carbocycles. The van der Waals surface area contributed by atoms with Gasteiger partial charge in [0.05, 0.1) is 6.54 Å². The fourth-order valence-corrected chi connectivity index (χ4v) is 4.63. The topological polar surface area (TPSA) is 89.3 Å². The summed E-state index contributed by atoms with van der Waals surface area (Å²) in [6, 6.07) is 3.16. The van der Waals surface area contributed by atoms with Crippen molar-refractivity contribution >= 4 is 27.3 Å². The van der Waals surface area contributed by atoms with Gasteiger partial charge in [-0.05, 0) is 30.9 Å². The molecule has 1 aliphatic rings. The molecular weight excluding hydrogens is 320 g/mol. The fraction of sp³-hybridized carbons (Fsp3) is 0.667. The van der Waals surface area contributed by atoms with Crippen LogP contribution in [-0.2, 0) is 21.4 Å². The highest BCUT2D eigenvalue weighted by atomic mass is 32.2. The second kappa shape index (κ2) is 8.08. The number of amides is 1. The standard InChI is InChI=1S/C15H24N2O3S2/c16-22(19,20)15-10-9-13(21-15)11-17-14(18)8-4-7-12-5-2-1-3-6-12/h9-10,12H,1-8,11H2,(H,17,18)(H2,16,19,20). The summed E-state index contributed by atoms with van der Waals surface area (Å²) in [5.41, 5.74) is 0. The highest BCUT2D eigenvalue weighted by Gasteiger charge is 2.14. The van der Waals surface area contributed by atoms with E-state index in [-0.39, 0.29) is 10.1 Å². The molecule has 0 saturated heterocycles. The zero-order valence-electron chi connectivity index (χ0n) is 12.7. The van der Waals surface area contributed by atoms with Crippen molar-refractivity contribution in [3.63, 3.8) is 0 Å². The minimum atomic E-state index is -3.64. The highest BCUT2D eigenvalue weighted by molar-refractivity contribution is 7.91. The number of hydrogen-bond acceptors (Lipinski definition) is 4. The minimum Gasteiger partial charge on any atom is -0.351 e. The Labute approximate surface area is 136 Å². The molecule has 2 rings (SSSR count). The van der Waals surface area contributed by atoms with Crippen molar-refractivity contribution in [2.45, 2.75) is 62.1 Å². The van der Waals surface area contributed by atoms with Crippen LogP contribution in [-0.4, -0.2) is 14.3 Å². The van der Waals surface area contributed by atoms with Gasteiger partial charge in [0.15, 0.2) is 0 Å². The van der Waals surface area contributed by atoms with Crippen LogP contribution in [0.3, 0.4) is 0 Å². The average molecular weight is 345 g/mol. The van der Waals surface area contributed by atoms with E-state index in [0.29, 0.717) is 13.0 Å². The molecule has 1 amide bonds. The van der Waals surface area contributed by atoms with Crippen molar-refractivity contribution in [2.24, 2.45) is 11.1 Å². The second-order valence-corrected chi connectivity index (χ2v) is 8.90. The fourth-order valence-electron chi connectivity index (χ4n) is 2.91. The predicted molar refractivity (Wildman–Crippen MR) is 88.0 cm³/mol. The van der Waals surface area contributed by atoms with E-state index in [1.54, 1.807) is 6.07 Å². The third-order valence-corrected chi connectivity index (χ3v) is 6.64. The van der Waals surface area contributed by atoms with Gasteiger partial charge in [0.1, 0.15) is 4.21 Å². The first-order valence-electron chi connectivity index (χ1n) is 7.83. The van der Waals surface area contributed by atoms with Crippen molar-refractivity contribution < 1.29 is 13.2 Å². The van der Waals surface area contributed by atoms with Gasteiger partial charge >= 0.3 is 0 Å². The summed E-state index contributed by atoms with van der Waals surface area (Å²) in [6.45, 7) is 0.364. The molecule has 0 bridgehead atoms. The van der Waals surface area contributed by atoms with Gasteiger partial charge in [-0.15, -0.1) is 11.3 Å². The number of carbonyl (C=O) groups excluding carboxylic acids is 1. The third kappa shape index (κ3) is 5.70. The van der Waals surface area contributed by atoms with Crippen LogP contribution in [0.5, 0.6) is 0 Å². The van der Waals surface area contributed by atoms with E-state index < -0.39 is 10.0 Å². The molecule has 0 spiro atoms. The van der Waals surface area contributed by atoms with E-state index in [2.05, 4.69) is 5.32 Å². The highest BCUT2D eigenvalue weighted by Crippen LogP contribution is 2.27. The monoisotopic (exact) mass is 344 g/mol. The van der Waals surface area contributed by atoms with Gasteiger partial charge in [0, 0.05) is 11.3 Å². The first kappa shape index (κ1) is 17.4. The Morgan fingerprint density at radius 3 is 2.64 bits per heavy atom. The van der Waals surface area contributed by atoms with Gasteiger partial charge in [-0.2, -0.15) is 0 Å². The lowest BCUT2D eigenvalue weighted by Gasteiger charge is -2.21. The SMILES string of the molecule is NS(=O)(=O)c1ccc(CNC(=O)CCCC2CCCCC2)s1. The van der Waals surface area contributed by atoms with Crippen molar-refractivity contribution in [1.82, 2.24) is 5.32 Å². The number of sulfonamides is 1. The summed E-state index contributed by atoms with van der Waals surface area (Å²) in [4.78, 5) is 12.6. The summed E-state index contributed by atoms with van der Waals surface area (Å²) in [7, 11) is -3.64. The maximum atomic E-state index is 11.8. The predicted octanol–water partition coefficient (Wildman–Crippen LogP) is 2.76. The summed E-state index contributed by atoms with van der Waals surface area (Å²) in [6.07, 6.45) is 9.27. The third-order valence-electron chi connectivity index (χ3n) is 4.12. The largest absolute Gasteiger partial charge is 0.351 e. The number of carbonyl (C=O) groups is 1. The van der Waals surface area contributed by atoms with Gasteiger partial charge in [0.2, 0.25) is 15.9 Å². The number of hydrogen-bond donors (Lipinski definition) is 2. The van der Waals surface area contributed by atoms with Crippen LogP contribution in [0.15, 0.2) is 16.3 Å². The Balaban J connectivity index is 1.66. The molecule has 124 valence electrons. The number of rotatable bonds is 7. The van der Waals surface area contributed by atoms with Crippen molar-refractivity contribution in [3.05, 3.63) is 17.0 Å². The van der Waals surface area contributed by atoms with Crippen LogP contribution in [0.4, 0.5) is 0 Å². The number of thiophene rings is 1. The van der Waals surface area contributed by atoms with E-state index in [9.17, 15) is 13.2 Å². The van der Waals surface area contributed by atoms with Gasteiger partial charge in [-0.1, -0.05) is 32.1 Å². The zero-order chi connectivity index (χ0) is 16.0. The van der Waals surface area contributed by atoms with Gasteiger partial charge in [0.25, 0.3) is 0 Å². The molecule has 0 radical (unpaired) electrons. The van der Waals surface area contributed by atoms with Crippen molar-refractivity contribution in [2.75, 3.05) is 0 Å². The van der Waals surface area contributed by atoms with E-state index in [1.807, 2.05) is 0 Å². The molecule has 7 heteroatoms.